The summed E-state index contributed by atoms with van der Waals surface area (Å²) in [7, 11) is 0. The number of hydrogen-bond donors (Lipinski definition) is 1. The van der Waals surface area contributed by atoms with E-state index in [4.69, 9.17) is 14.2 Å². The van der Waals surface area contributed by atoms with Crippen molar-refractivity contribution in [2.75, 3.05) is 52.7 Å². The molecule has 0 aromatic rings. The first-order valence-electron chi connectivity index (χ1n) is 7.25. The van der Waals surface area contributed by atoms with Crippen LogP contribution in [0.15, 0.2) is 0 Å². The Balaban J connectivity index is 0. The first-order valence-corrected chi connectivity index (χ1v) is 7.25. The van der Waals surface area contributed by atoms with Crippen LogP contribution >= 0.6 is 0 Å². The van der Waals surface area contributed by atoms with E-state index in [0.29, 0.717) is 26.4 Å². The Labute approximate surface area is 114 Å². The van der Waals surface area contributed by atoms with Gasteiger partial charge in [-0.1, -0.05) is 27.2 Å². The normalized spacial score (nSPS) is 12.8. The van der Waals surface area contributed by atoms with Gasteiger partial charge in [-0.25, -0.2) is 0 Å². The fraction of sp³-hybridized carbons (Fsp3) is 1.00. The molecule has 0 spiro atoms. The van der Waals surface area contributed by atoms with Gasteiger partial charge in [0.25, 0.3) is 0 Å². The van der Waals surface area contributed by atoms with Crippen LogP contribution in [-0.2, 0) is 14.2 Å². The van der Waals surface area contributed by atoms with Crippen molar-refractivity contribution >= 4 is 0 Å². The van der Waals surface area contributed by atoms with Gasteiger partial charge in [0.1, 0.15) is 0 Å². The lowest BCUT2D eigenvalue weighted by Crippen LogP contribution is -2.25. The fourth-order valence-corrected chi connectivity index (χ4v) is 1.32. The monoisotopic (exact) mass is 263 g/mol. The minimum Gasteiger partial charge on any atom is -0.379 e. The number of ether oxygens (including phenoxy) is 3. The molecular formula is C14H33NO3. The zero-order valence-corrected chi connectivity index (χ0v) is 12.4. The van der Waals surface area contributed by atoms with Crippen molar-refractivity contribution in [3.8, 4) is 0 Å². The maximum Gasteiger partial charge on any atom is 0.0701 e. The summed E-state index contributed by atoms with van der Waals surface area (Å²) in [6.07, 6.45) is 2.29. The van der Waals surface area contributed by atoms with Crippen LogP contribution in [0, 0.1) is 5.92 Å². The Hall–Kier alpha value is -0.160. The van der Waals surface area contributed by atoms with E-state index in [1.807, 2.05) is 0 Å². The van der Waals surface area contributed by atoms with Crippen molar-refractivity contribution in [1.29, 1.82) is 0 Å². The molecule has 0 bridgehead atoms. The Morgan fingerprint density at radius 2 is 1.44 bits per heavy atom. The van der Waals surface area contributed by atoms with E-state index >= 15 is 0 Å². The van der Waals surface area contributed by atoms with Gasteiger partial charge in [0, 0.05) is 14.6 Å². The standard InChI is InChI=1S/C14H31NO3.H2/c1-4-7-16-9-11-18-12-10-17-8-6-15-13-14(3)5-2;/h14-15H,4-13H2,1-3H3;1H. The second-order valence-corrected chi connectivity index (χ2v) is 4.55. The van der Waals surface area contributed by atoms with Crippen molar-refractivity contribution in [2.24, 2.45) is 5.92 Å². The van der Waals surface area contributed by atoms with E-state index < -0.39 is 0 Å². The lowest BCUT2D eigenvalue weighted by molar-refractivity contribution is 0.0152. The average Bonchev–Trinajstić information content (AvgIpc) is 2.39. The van der Waals surface area contributed by atoms with E-state index in [2.05, 4.69) is 26.1 Å². The highest BCUT2D eigenvalue weighted by Crippen LogP contribution is 1.96. The third kappa shape index (κ3) is 13.9. The molecule has 0 aliphatic heterocycles. The predicted octanol–water partition coefficient (Wildman–Crippen LogP) is 2.33. The zero-order chi connectivity index (χ0) is 13.5. The maximum absolute atomic E-state index is 5.45. The third-order valence-corrected chi connectivity index (χ3v) is 2.71. The molecule has 0 radical (unpaired) electrons. The zero-order valence-electron chi connectivity index (χ0n) is 12.4. The summed E-state index contributed by atoms with van der Waals surface area (Å²) >= 11 is 0. The molecule has 1 N–H and O–H groups in total. The summed E-state index contributed by atoms with van der Waals surface area (Å²) in [6, 6.07) is 0. The number of hydrogen-bond acceptors (Lipinski definition) is 4. The molecule has 0 aliphatic rings. The van der Waals surface area contributed by atoms with Crippen LogP contribution in [0.5, 0.6) is 0 Å². The van der Waals surface area contributed by atoms with E-state index in [0.717, 1.165) is 38.6 Å². The Bertz CT molecular complexity index is 162. The number of rotatable bonds is 14. The van der Waals surface area contributed by atoms with E-state index in [-0.39, 0.29) is 1.43 Å². The summed E-state index contributed by atoms with van der Waals surface area (Å²) in [5.41, 5.74) is 0. The van der Waals surface area contributed by atoms with Crippen molar-refractivity contribution in [1.82, 2.24) is 5.32 Å². The minimum absolute atomic E-state index is 0. The van der Waals surface area contributed by atoms with Gasteiger partial charge in [-0.2, -0.15) is 0 Å². The van der Waals surface area contributed by atoms with Gasteiger partial charge in [-0.05, 0) is 18.9 Å². The molecule has 0 saturated carbocycles. The van der Waals surface area contributed by atoms with Gasteiger partial charge in [-0.15, -0.1) is 0 Å². The molecule has 0 aromatic carbocycles. The summed E-state index contributed by atoms with van der Waals surface area (Å²) in [5.74, 6) is 0.747. The van der Waals surface area contributed by atoms with Crippen LogP contribution in [0.3, 0.4) is 0 Å². The van der Waals surface area contributed by atoms with Gasteiger partial charge < -0.3 is 19.5 Å². The summed E-state index contributed by atoms with van der Waals surface area (Å²) in [4.78, 5) is 0. The van der Waals surface area contributed by atoms with Gasteiger partial charge >= 0.3 is 0 Å². The van der Waals surface area contributed by atoms with Crippen molar-refractivity contribution in [3.63, 3.8) is 0 Å². The minimum atomic E-state index is 0. The Morgan fingerprint density at radius 1 is 0.889 bits per heavy atom. The van der Waals surface area contributed by atoms with Crippen LogP contribution in [0.4, 0.5) is 0 Å². The summed E-state index contributed by atoms with van der Waals surface area (Å²) in [6.45, 7) is 12.8. The van der Waals surface area contributed by atoms with Crippen LogP contribution in [-0.4, -0.2) is 52.7 Å². The Kier molecular flexibility index (Phi) is 14.8. The highest BCUT2D eigenvalue weighted by Gasteiger charge is 1.96. The van der Waals surface area contributed by atoms with Gasteiger partial charge in [-0.3, -0.25) is 0 Å². The van der Waals surface area contributed by atoms with E-state index in [9.17, 15) is 0 Å². The maximum atomic E-state index is 5.45. The number of nitrogens with one attached hydrogen (secondary N) is 1. The average molecular weight is 263 g/mol. The first-order chi connectivity index (χ1) is 8.81. The molecule has 0 rings (SSSR count). The third-order valence-electron chi connectivity index (χ3n) is 2.71. The molecule has 1 unspecified atom stereocenters. The highest BCUT2D eigenvalue weighted by molar-refractivity contribution is 4.53. The Morgan fingerprint density at radius 3 is 2.00 bits per heavy atom. The highest BCUT2D eigenvalue weighted by atomic mass is 16.5. The molecule has 4 nitrogen and oxygen atoms in total. The molecule has 0 amide bonds. The van der Waals surface area contributed by atoms with E-state index in [1.54, 1.807) is 0 Å². The second kappa shape index (κ2) is 14.9. The molecule has 1 atom stereocenters. The molecule has 0 heterocycles. The van der Waals surface area contributed by atoms with Gasteiger partial charge in [0.2, 0.25) is 0 Å². The molecule has 18 heavy (non-hydrogen) atoms. The van der Waals surface area contributed by atoms with E-state index in [1.165, 1.54) is 6.42 Å². The topological polar surface area (TPSA) is 39.7 Å². The molecule has 0 aromatic heterocycles. The largest absolute Gasteiger partial charge is 0.379 e. The van der Waals surface area contributed by atoms with Crippen LogP contribution in [0.25, 0.3) is 0 Å². The van der Waals surface area contributed by atoms with Gasteiger partial charge in [0.15, 0.2) is 0 Å². The van der Waals surface area contributed by atoms with Gasteiger partial charge in [0.05, 0.1) is 33.0 Å². The lowest BCUT2D eigenvalue weighted by Gasteiger charge is -2.10. The smallest absolute Gasteiger partial charge is 0.0701 e. The van der Waals surface area contributed by atoms with Crippen molar-refractivity contribution in [2.45, 2.75) is 33.6 Å². The molecule has 0 saturated heterocycles. The first kappa shape index (κ1) is 17.8. The fourth-order valence-electron chi connectivity index (χ4n) is 1.32. The quantitative estimate of drug-likeness (QED) is 0.488. The SMILES string of the molecule is CCCOCCOCCOCCNCC(C)CC.[HH]. The molecule has 4 heteroatoms. The van der Waals surface area contributed by atoms with Crippen LogP contribution in [0.2, 0.25) is 0 Å². The lowest BCUT2D eigenvalue weighted by atomic mass is 10.1. The summed E-state index contributed by atoms with van der Waals surface area (Å²) < 4.78 is 16.1. The van der Waals surface area contributed by atoms with Crippen molar-refractivity contribution in [3.05, 3.63) is 0 Å². The molecule has 0 fully saturated rings. The second-order valence-electron chi connectivity index (χ2n) is 4.55. The van der Waals surface area contributed by atoms with Crippen LogP contribution < -0.4 is 5.32 Å². The molecular weight excluding hydrogens is 230 g/mol. The summed E-state index contributed by atoms with van der Waals surface area (Å²) in [5, 5.41) is 3.38. The van der Waals surface area contributed by atoms with Crippen molar-refractivity contribution < 1.29 is 15.6 Å². The molecule has 0 aliphatic carbocycles. The predicted molar refractivity (Wildman–Crippen MR) is 77.2 cm³/mol. The van der Waals surface area contributed by atoms with Crippen LogP contribution in [0.1, 0.15) is 35.0 Å². The molecule has 112 valence electrons.